The molecule has 0 aromatic carbocycles. The number of pyridine rings is 1. The van der Waals surface area contributed by atoms with E-state index in [-0.39, 0.29) is 18.6 Å². The molecule has 1 aromatic heterocycles. The van der Waals surface area contributed by atoms with Crippen molar-refractivity contribution in [3.63, 3.8) is 0 Å². The average Bonchev–Trinajstić information content (AvgIpc) is 3.10. The maximum atomic E-state index is 12.5. The summed E-state index contributed by atoms with van der Waals surface area (Å²) < 4.78 is 0. The number of rotatable bonds is 2. The van der Waals surface area contributed by atoms with Crippen molar-refractivity contribution in [2.45, 2.75) is 31.3 Å². The molecule has 3 heterocycles. The Kier molecular flexibility index (Phi) is 4.18. The Bertz CT molecular complexity index is 591. The molecule has 3 rings (SSSR count). The maximum absolute atomic E-state index is 12.5. The van der Waals surface area contributed by atoms with Gasteiger partial charge in [0.15, 0.2) is 0 Å². The quantitative estimate of drug-likeness (QED) is 0.772. The van der Waals surface area contributed by atoms with Crippen molar-refractivity contribution in [3.8, 4) is 11.8 Å². The van der Waals surface area contributed by atoms with E-state index in [4.69, 9.17) is 5.11 Å². The second-order valence-electron chi connectivity index (χ2n) is 5.47. The number of nitrogens with one attached hydrogen (secondary N) is 1. The zero-order valence-electron chi connectivity index (χ0n) is 11.9. The summed E-state index contributed by atoms with van der Waals surface area (Å²) in [5.41, 5.74) is 0.903. The van der Waals surface area contributed by atoms with Crippen LogP contribution in [0.3, 0.4) is 0 Å². The Balaban J connectivity index is 1.74. The molecule has 0 saturated carbocycles. The van der Waals surface area contributed by atoms with E-state index in [1.807, 2.05) is 0 Å². The van der Waals surface area contributed by atoms with Crippen molar-refractivity contribution in [1.82, 2.24) is 15.2 Å². The van der Waals surface area contributed by atoms with Crippen molar-refractivity contribution in [2.75, 3.05) is 19.7 Å². The van der Waals surface area contributed by atoms with Crippen LogP contribution in [0.15, 0.2) is 18.3 Å². The molecule has 2 aliphatic heterocycles. The third-order valence-corrected chi connectivity index (χ3v) is 4.25. The molecule has 0 aliphatic carbocycles. The molecule has 2 atom stereocenters. The first-order valence-corrected chi connectivity index (χ1v) is 7.39. The Hall–Kier alpha value is -1.90. The minimum Gasteiger partial charge on any atom is -0.384 e. The largest absolute Gasteiger partial charge is 0.384 e. The van der Waals surface area contributed by atoms with Gasteiger partial charge in [0.2, 0.25) is 0 Å². The van der Waals surface area contributed by atoms with E-state index >= 15 is 0 Å². The molecule has 2 unspecified atom stereocenters. The van der Waals surface area contributed by atoms with E-state index in [2.05, 4.69) is 27.0 Å². The Labute approximate surface area is 124 Å². The van der Waals surface area contributed by atoms with Crippen molar-refractivity contribution in [3.05, 3.63) is 29.6 Å². The molecule has 0 radical (unpaired) electrons. The van der Waals surface area contributed by atoms with Crippen LogP contribution in [0.4, 0.5) is 0 Å². The molecule has 1 aromatic rings. The number of amides is 1. The fourth-order valence-electron chi connectivity index (χ4n) is 3.31. The molecule has 2 fully saturated rings. The summed E-state index contributed by atoms with van der Waals surface area (Å²) in [6.45, 7) is 1.98. The lowest BCUT2D eigenvalue weighted by Crippen LogP contribution is -2.42. The number of carbonyl (C=O) groups is 1. The molecule has 0 bridgehead atoms. The zero-order valence-corrected chi connectivity index (χ0v) is 11.9. The van der Waals surface area contributed by atoms with E-state index in [9.17, 15) is 4.79 Å². The van der Waals surface area contributed by atoms with Gasteiger partial charge >= 0.3 is 0 Å². The second kappa shape index (κ2) is 6.25. The normalized spacial score (nSPS) is 24.2. The van der Waals surface area contributed by atoms with E-state index in [0.29, 0.717) is 17.3 Å². The van der Waals surface area contributed by atoms with Gasteiger partial charge in [-0.25, -0.2) is 4.98 Å². The van der Waals surface area contributed by atoms with Gasteiger partial charge in [0, 0.05) is 24.8 Å². The minimum atomic E-state index is -0.227. The van der Waals surface area contributed by atoms with Gasteiger partial charge in [-0.15, -0.1) is 0 Å². The zero-order chi connectivity index (χ0) is 14.7. The molecule has 5 heteroatoms. The van der Waals surface area contributed by atoms with E-state index in [0.717, 1.165) is 25.9 Å². The SMILES string of the molecule is O=C(NC1CCN2CCCC12)c1ncccc1C#CCO. The number of carbonyl (C=O) groups excluding carboxylic acids is 1. The lowest BCUT2D eigenvalue weighted by Gasteiger charge is -2.21. The molecule has 2 saturated heterocycles. The van der Waals surface area contributed by atoms with Gasteiger partial charge in [-0.2, -0.15) is 0 Å². The summed E-state index contributed by atoms with van der Waals surface area (Å²) in [6.07, 6.45) is 4.97. The second-order valence-corrected chi connectivity index (χ2v) is 5.47. The van der Waals surface area contributed by atoms with Crippen LogP contribution in [-0.4, -0.2) is 52.7 Å². The average molecular weight is 285 g/mol. The third-order valence-electron chi connectivity index (χ3n) is 4.25. The van der Waals surface area contributed by atoms with Crippen LogP contribution < -0.4 is 5.32 Å². The molecular formula is C16H19N3O2. The first-order chi connectivity index (χ1) is 10.3. The molecular weight excluding hydrogens is 266 g/mol. The highest BCUT2D eigenvalue weighted by Gasteiger charge is 2.38. The highest BCUT2D eigenvalue weighted by Crippen LogP contribution is 2.28. The van der Waals surface area contributed by atoms with Crippen LogP contribution in [0.25, 0.3) is 0 Å². The smallest absolute Gasteiger partial charge is 0.271 e. The molecule has 0 spiro atoms. The lowest BCUT2D eigenvalue weighted by molar-refractivity contribution is 0.0924. The van der Waals surface area contributed by atoms with Crippen LogP contribution >= 0.6 is 0 Å². The Morgan fingerprint density at radius 2 is 2.38 bits per heavy atom. The Morgan fingerprint density at radius 3 is 3.24 bits per heavy atom. The fourth-order valence-corrected chi connectivity index (χ4v) is 3.31. The van der Waals surface area contributed by atoms with E-state index in [1.165, 1.54) is 6.42 Å². The summed E-state index contributed by atoms with van der Waals surface area (Å²) >= 11 is 0. The van der Waals surface area contributed by atoms with Crippen molar-refractivity contribution >= 4 is 5.91 Å². The first kappa shape index (κ1) is 14.1. The molecule has 5 nitrogen and oxygen atoms in total. The van der Waals surface area contributed by atoms with Gasteiger partial charge in [0.25, 0.3) is 5.91 Å². The van der Waals surface area contributed by atoms with Crippen molar-refractivity contribution < 1.29 is 9.90 Å². The Morgan fingerprint density at radius 1 is 1.48 bits per heavy atom. The van der Waals surface area contributed by atoms with Crippen LogP contribution in [0.1, 0.15) is 35.3 Å². The van der Waals surface area contributed by atoms with Gasteiger partial charge in [0.1, 0.15) is 12.3 Å². The van der Waals surface area contributed by atoms with Crippen LogP contribution in [0.2, 0.25) is 0 Å². The standard InChI is InChI=1S/C16H19N3O2/c20-11-3-5-12-4-1-8-17-15(12)16(21)18-13-7-10-19-9-2-6-14(13)19/h1,4,8,13-14,20H,2,6-7,9-11H2,(H,18,21). The maximum Gasteiger partial charge on any atom is 0.271 e. The third kappa shape index (κ3) is 2.92. The summed E-state index contributed by atoms with van der Waals surface area (Å²) in [5.74, 6) is 5.18. The number of aliphatic hydroxyl groups is 1. The summed E-state index contributed by atoms with van der Waals surface area (Å²) in [7, 11) is 0. The summed E-state index contributed by atoms with van der Waals surface area (Å²) in [5, 5.41) is 11.9. The van der Waals surface area contributed by atoms with Crippen LogP contribution in [0, 0.1) is 11.8 Å². The summed E-state index contributed by atoms with van der Waals surface area (Å²) in [4.78, 5) is 19.1. The number of aliphatic hydroxyl groups excluding tert-OH is 1. The number of fused-ring (bicyclic) bond motifs is 1. The highest BCUT2D eigenvalue weighted by molar-refractivity contribution is 5.95. The lowest BCUT2D eigenvalue weighted by atomic mass is 10.1. The predicted molar refractivity (Wildman–Crippen MR) is 78.7 cm³/mol. The molecule has 1 amide bonds. The molecule has 2 N–H and O–H groups in total. The van der Waals surface area contributed by atoms with Gasteiger partial charge in [-0.05, 0) is 37.9 Å². The van der Waals surface area contributed by atoms with Crippen molar-refractivity contribution in [2.24, 2.45) is 0 Å². The van der Waals surface area contributed by atoms with Gasteiger partial charge in [-0.3, -0.25) is 9.69 Å². The van der Waals surface area contributed by atoms with Gasteiger partial charge < -0.3 is 10.4 Å². The minimum absolute atomic E-state index is 0.170. The van der Waals surface area contributed by atoms with Crippen LogP contribution in [0.5, 0.6) is 0 Å². The summed E-state index contributed by atoms with van der Waals surface area (Å²) in [6, 6.07) is 4.18. The first-order valence-electron chi connectivity index (χ1n) is 7.39. The molecule has 21 heavy (non-hydrogen) atoms. The number of nitrogens with zero attached hydrogens (tertiary/aromatic N) is 2. The monoisotopic (exact) mass is 285 g/mol. The number of aromatic nitrogens is 1. The van der Waals surface area contributed by atoms with Gasteiger partial charge in [0.05, 0.1) is 5.56 Å². The van der Waals surface area contributed by atoms with Crippen molar-refractivity contribution in [1.29, 1.82) is 0 Å². The molecule has 2 aliphatic rings. The fraction of sp³-hybridized carbons (Fsp3) is 0.500. The topological polar surface area (TPSA) is 65.5 Å². The highest BCUT2D eigenvalue weighted by atomic mass is 16.2. The number of hydrogen-bond acceptors (Lipinski definition) is 4. The van der Waals surface area contributed by atoms with Crippen LogP contribution in [-0.2, 0) is 0 Å². The van der Waals surface area contributed by atoms with E-state index in [1.54, 1.807) is 18.3 Å². The predicted octanol–water partition coefficient (Wildman–Crippen LogP) is 0.392. The van der Waals surface area contributed by atoms with E-state index < -0.39 is 0 Å². The number of hydrogen-bond donors (Lipinski definition) is 2. The van der Waals surface area contributed by atoms with Gasteiger partial charge in [-0.1, -0.05) is 11.8 Å². The molecule has 110 valence electrons.